The van der Waals surface area contributed by atoms with Crippen LogP contribution in [0.1, 0.15) is 0 Å². The van der Waals surface area contributed by atoms with Gasteiger partial charge < -0.3 is 0 Å². The highest BCUT2D eigenvalue weighted by Gasteiger charge is 2.36. The zero-order chi connectivity index (χ0) is 20.4. The summed E-state index contributed by atoms with van der Waals surface area (Å²) in [6.07, 6.45) is -1.62. The number of rotatable bonds is 4. The van der Waals surface area contributed by atoms with Gasteiger partial charge in [0.1, 0.15) is 6.15 Å². The van der Waals surface area contributed by atoms with Crippen LogP contribution in [0.4, 0.5) is 0 Å². The van der Waals surface area contributed by atoms with Gasteiger partial charge in [-0.25, -0.2) is 0 Å². The summed E-state index contributed by atoms with van der Waals surface area (Å²) in [6, 6.07) is 33.1. The fourth-order valence-electron chi connectivity index (χ4n) is 4.42. The minimum absolute atomic E-state index is 0.928. The van der Waals surface area contributed by atoms with E-state index in [9.17, 15) is 0 Å². The van der Waals surface area contributed by atoms with Gasteiger partial charge in [0.15, 0.2) is 0 Å². The Morgan fingerprint density at radius 2 is 0.552 bits per heavy atom. The second-order valence-corrected chi connectivity index (χ2v) is 9.03. The molecule has 0 aliphatic rings. The molecule has 0 amide bonds. The molecule has 0 saturated carbocycles. The first-order chi connectivity index (χ1) is 14.1. The largest absolute Gasteiger partial charge is 0.182 e. The summed E-state index contributed by atoms with van der Waals surface area (Å²) in [4.78, 5) is 3.71. The Kier molecular flexibility index (Phi) is 6.12. The summed E-state index contributed by atoms with van der Waals surface area (Å²) in [5.41, 5.74) is 4.50. The molecule has 0 atom stereocenters. The monoisotopic (exact) mass is 447 g/mol. The highest BCUT2D eigenvalue weighted by molar-refractivity contribution is 7.82. The Hall–Kier alpha value is -1.66. The zero-order valence-electron chi connectivity index (χ0n) is 15.6. The Bertz CT molecular complexity index is 985. The second-order valence-electron chi connectivity index (χ2n) is 7.10. The molecule has 5 heteroatoms. The molecule has 0 unspecified atom stereocenters. The van der Waals surface area contributed by atoms with E-state index in [1.807, 2.05) is 48.5 Å². The fourth-order valence-corrected chi connectivity index (χ4v) is 5.84. The molecular weight excluding hydrogens is 427 g/mol. The Morgan fingerprint density at radius 1 is 0.345 bits per heavy atom. The first-order valence-electron chi connectivity index (χ1n) is 9.36. The van der Waals surface area contributed by atoms with Crippen LogP contribution in [-0.4, -0.2) is 6.15 Å². The molecule has 4 aromatic rings. The number of hydrogen-bond donors (Lipinski definition) is 4. The highest BCUT2D eigenvalue weighted by atomic mass is 32.1. The van der Waals surface area contributed by atoms with Crippen LogP contribution in [0.25, 0.3) is 0 Å². The van der Waals surface area contributed by atoms with Gasteiger partial charge >= 0.3 is 0 Å². The van der Waals surface area contributed by atoms with Crippen molar-refractivity contribution >= 4 is 78.5 Å². The van der Waals surface area contributed by atoms with Gasteiger partial charge in [-0.2, -0.15) is 21.9 Å². The summed E-state index contributed by atoms with van der Waals surface area (Å²) in [6.45, 7) is 0. The maximum atomic E-state index is 4.89. The molecule has 0 bridgehead atoms. The van der Waals surface area contributed by atoms with Crippen molar-refractivity contribution in [2.45, 2.75) is 19.6 Å². The lowest BCUT2D eigenvalue weighted by Gasteiger charge is -2.47. The van der Waals surface area contributed by atoms with Crippen molar-refractivity contribution in [3.8, 4) is 0 Å². The van der Waals surface area contributed by atoms with E-state index in [1.165, 1.54) is 0 Å². The zero-order valence-corrected chi connectivity index (χ0v) is 19.2. The van der Waals surface area contributed by atoms with Crippen LogP contribution in [-0.2, 0) is 0 Å². The first-order valence-corrected chi connectivity index (χ1v) is 11.1. The molecule has 0 N–H and O–H groups in total. The third-order valence-electron chi connectivity index (χ3n) is 5.61. The van der Waals surface area contributed by atoms with E-state index in [0.717, 1.165) is 41.4 Å². The molecule has 0 heterocycles. The van der Waals surface area contributed by atoms with E-state index in [0.29, 0.717) is 0 Å². The van der Waals surface area contributed by atoms with Gasteiger partial charge in [-0.3, -0.25) is 0 Å². The third-order valence-corrected chi connectivity index (χ3v) is 7.24. The summed E-state index contributed by atoms with van der Waals surface area (Å²) >= 11 is 19.5. The van der Waals surface area contributed by atoms with Crippen molar-refractivity contribution in [3.05, 3.63) is 97.1 Å². The predicted octanol–water partition coefficient (Wildman–Crippen LogP) is 4.22. The lowest BCUT2D eigenvalue weighted by molar-refractivity contribution is 1.44. The molecule has 4 rings (SSSR count). The Morgan fingerprint density at radius 3 is 0.759 bits per heavy atom. The van der Waals surface area contributed by atoms with E-state index < -0.39 is 6.15 Å². The van der Waals surface area contributed by atoms with Crippen LogP contribution in [0.5, 0.6) is 0 Å². The van der Waals surface area contributed by atoms with E-state index in [-0.39, 0.29) is 0 Å². The average Bonchev–Trinajstić information content (AvgIpc) is 2.73. The second kappa shape index (κ2) is 8.61. The van der Waals surface area contributed by atoms with Crippen LogP contribution < -0.4 is 21.9 Å². The lowest BCUT2D eigenvalue weighted by atomic mass is 9.13. The van der Waals surface area contributed by atoms with Gasteiger partial charge in [0, 0.05) is 0 Å². The topological polar surface area (TPSA) is 0 Å². The van der Waals surface area contributed by atoms with Gasteiger partial charge in [0.2, 0.25) is 0 Å². The van der Waals surface area contributed by atoms with Crippen LogP contribution in [0.3, 0.4) is 0 Å². The van der Waals surface area contributed by atoms with Crippen LogP contribution in [0.15, 0.2) is 117 Å². The van der Waals surface area contributed by atoms with E-state index in [1.54, 1.807) is 0 Å². The van der Waals surface area contributed by atoms with Crippen molar-refractivity contribution < 1.29 is 0 Å². The van der Waals surface area contributed by atoms with Gasteiger partial charge in [-0.05, 0) is 19.6 Å². The van der Waals surface area contributed by atoms with Gasteiger partial charge in [0.25, 0.3) is 0 Å². The molecule has 144 valence electrons. The summed E-state index contributed by atoms with van der Waals surface area (Å²) in [7, 11) is 0. The quantitative estimate of drug-likeness (QED) is 0.261. The Balaban J connectivity index is 2.28. The molecule has 0 aliphatic carbocycles. The molecule has 4 aromatic carbocycles. The van der Waals surface area contributed by atoms with E-state index in [2.05, 4.69) is 48.5 Å². The van der Waals surface area contributed by atoms with E-state index in [4.69, 9.17) is 50.5 Å². The molecule has 29 heavy (non-hydrogen) atoms. The minimum Gasteiger partial charge on any atom is -0.182 e. The van der Waals surface area contributed by atoms with Crippen molar-refractivity contribution in [3.63, 3.8) is 0 Å². The molecule has 0 saturated heterocycles. The number of thiol groups is 4. The number of hydrogen-bond acceptors (Lipinski definition) is 4. The van der Waals surface area contributed by atoms with Crippen LogP contribution in [0.2, 0.25) is 0 Å². The molecule has 0 radical (unpaired) electrons. The molecule has 0 aromatic heterocycles. The maximum Gasteiger partial charge on any atom is 0.113 e. The van der Waals surface area contributed by atoms with E-state index >= 15 is 0 Å². The van der Waals surface area contributed by atoms with Crippen LogP contribution in [0, 0.1) is 0 Å². The molecule has 0 spiro atoms. The summed E-state index contributed by atoms with van der Waals surface area (Å²) in [5.74, 6) is 0. The van der Waals surface area contributed by atoms with Crippen molar-refractivity contribution in [2.24, 2.45) is 0 Å². The average molecular weight is 448 g/mol. The van der Waals surface area contributed by atoms with Crippen molar-refractivity contribution in [2.75, 3.05) is 0 Å². The summed E-state index contributed by atoms with van der Waals surface area (Å²) < 4.78 is 0. The van der Waals surface area contributed by atoms with Crippen LogP contribution >= 0.6 is 50.5 Å². The lowest BCUT2D eigenvalue weighted by Crippen LogP contribution is -2.76. The van der Waals surface area contributed by atoms with Gasteiger partial charge in [-0.1, -0.05) is 97.1 Å². The SMILES string of the molecule is Sc1ccccc1[B-](c1ccccc1S)(c1ccccc1S)c1ccccc1S. The molecule has 0 fully saturated rings. The molecular formula is C24H20BS4-. The fraction of sp³-hybridized carbons (Fsp3) is 0. The molecule has 0 aliphatic heterocycles. The van der Waals surface area contributed by atoms with Gasteiger partial charge in [0.05, 0.1) is 0 Å². The summed E-state index contributed by atoms with van der Waals surface area (Å²) in [5, 5.41) is 0. The minimum atomic E-state index is -1.62. The smallest absolute Gasteiger partial charge is 0.113 e. The molecule has 0 nitrogen and oxygen atoms in total. The van der Waals surface area contributed by atoms with Crippen molar-refractivity contribution in [1.82, 2.24) is 0 Å². The third kappa shape index (κ3) is 3.55. The maximum absolute atomic E-state index is 4.89. The van der Waals surface area contributed by atoms with Gasteiger partial charge in [-0.15, -0.1) is 50.5 Å². The predicted molar refractivity (Wildman–Crippen MR) is 139 cm³/mol. The highest BCUT2D eigenvalue weighted by Crippen LogP contribution is 2.21. The normalized spacial score (nSPS) is 11.4. The Labute approximate surface area is 194 Å². The van der Waals surface area contributed by atoms with Crippen molar-refractivity contribution in [1.29, 1.82) is 0 Å². The first kappa shape index (κ1) is 20.6. The number of benzene rings is 4. The standard InChI is InChI=1S/C24H20BS4/c26-21-13-5-1-9-17(21)25(18-10-2-6-14-22(18)27,19-11-3-7-15-23(19)28)20-12-4-8-16-24(20)29/h1-16,26-29H/q-1.